The molecule has 0 saturated carbocycles. The molecule has 0 aromatic heterocycles. The van der Waals surface area contributed by atoms with Crippen LogP contribution in [0.15, 0.2) is 72.9 Å². The van der Waals surface area contributed by atoms with Gasteiger partial charge in [-0.3, -0.25) is 37.3 Å². The first-order valence-electron chi connectivity index (χ1n) is 39.2. The van der Waals surface area contributed by atoms with E-state index in [1.165, 1.54) is 141 Å². The van der Waals surface area contributed by atoms with Crippen LogP contribution in [0.4, 0.5) is 0 Å². The van der Waals surface area contributed by atoms with Gasteiger partial charge in [0, 0.05) is 25.7 Å². The first-order chi connectivity index (χ1) is 47.7. The third kappa shape index (κ3) is 70.9. The summed E-state index contributed by atoms with van der Waals surface area (Å²) in [5.74, 6) is -2.23. The van der Waals surface area contributed by atoms with E-state index in [4.69, 9.17) is 37.0 Å². The third-order valence-corrected chi connectivity index (χ3v) is 18.5. The molecule has 0 aliphatic rings. The molecule has 0 bridgehead atoms. The predicted molar refractivity (Wildman–Crippen MR) is 400 cm³/mol. The van der Waals surface area contributed by atoms with Gasteiger partial charge in [-0.05, 0) is 116 Å². The maximum Gasteiger partial charge on any atom is 0.472 e. The van der Waals surface area contributed by atoms with Crippen molar-refractivity contribution in [2.75, 3.05) is 39.6 Å². The summed E-state index contributed by atoms with van der Waals surface area (Å²) in [4.78, 5) is 72.8. The van der Waals surface area contributed by atoms with Gasteiger partial charge in [-0.1, -0.05) is 280 Å². The Morgan fingerprint density at radius 2 is 0.510 bits per heavy atom. The molecule has 0 amide bonds. The van der Waals surface area contributed by atoms with Crippen molar-refractivity contribution in [2.45, 2.75) is 367 Å². The molecular formula is C79H142O17P2. The normalized spacial score (nSPS) is 14.3. The van der Waals surface area contributed by atoms with Crippen molar-refractivity contribution >= 4 is 39.5 Å². The number of unbranched alkanes of at least 4 members (excludes halogenated alkanes) is 36. The number of hydrogen-bond acceptors (Lipinski definition) is 15. The fraction of sp³-hybridized carbons (Fsp3) is 0.797. The van der Waals surface area contributed by atoms with E-state index in [9.17, 15) is 43.2 Å². The minimum absolute atomic E-state index is 0.0199. The van der Waals surface area contributed by atoms with Gasteiger partial charge in [0.25, 0.3) is 0 Å². The van der Waals surface area contributed by atoms with E-state index in [0.717, 1.165) is 122 Å². The Morgan fingerprint density at radius 3 is 0.847 bits per heavy atom. The van der Waals surface area contributed by atoms with Gasteiger partial charge in [0.2, 0.25) is 0 Å². The number of hydrogen-bond donors (Lipinski definition) is 3. The average molecular weight is 1430 g/mol. The van der Waals surface area contributed by atoms with Gasteiger partial charge in [0.15, 0.2) is 12.2 Å². The molecule has 0 saturated heterocycles. The molecule has 98 heavy (non-hydrogen) atoms. The molecule has 0 heterocycles. The maximum atomic E-state index is 13.1. The number of ether oxygens (including phenoxy) is 4. The summed E-state index contributed by atoms with van der Waals surface area (Å²) < 4.78 is 68.4. The van der Waals surface area contributed by atoms with Crippen LogP contribution in [0.25, 0.3) is 0 Å². The Morgan fingerprint density at radius 1 is 0.286 bits per heavy atom. The zero-order valence-corrected chi connectivity index (χ0v) is 64.0. The molecule has 0 spiro atoms. The van der Waals surface area contributed by atoms with E-state index in [2.05, 4.69) is 88.5 Å². The smallest absolute Gasteiger partial charge is 0.462 e. The van der Waals surface area contributed by atoms with E-state index in [1.54, 1.807) is 0 Å². The molecule has 17 nitrogen and oxygen atoms in total. The van der Waals surface area contributed by atoms with Gasteiger partial charge < -0.3 is 33.8 Å². The molecule has 0 rings (SSSR count). The first-order valence-corrected chi connectivity index (χ1v) is 42.2. The molecule has 570 valence electrons. The van der Waals surface area contributed by atoms with E-state index < -0.39 is 97.5 Å². The summed E-state index contributed by atoms with van der Waals surface area (Å²) in [7, 11) is -9.96. The highest BCUT2D eigenvalue weighted by molar-refractivity contribution is 7.47. The Kier molecular flexibility index (Phi) is 69.3. The van der Waals surface area contributed by atoms with Crippen LogP contribution in [-0.2, 0) is 65.4 Å². The fourth-order valence-corrected chi connectivity index (χ4v) is 12.2. The van der Waals surface area contributed by atoms with Crippen molar-refractivity contribution in [2.24, 2.45) is 0 Å². The minimum atomic E-state index is -4.99. The number of phosphoric ester groups is 2. The summed E-state index contributed by atoms with van der Waals surface area (Å²) in [5, 5.41) is 10.6. The van der Waals surface area contributed by atoms with E-state index in [-0.39, 0.29) is 25.7 Å². The van der Waals surface area contributed by atoms with Crippen molar-refractivity contribution in [3.8, 4) is 0 Å². The quantitative estimate of drug-likeness (QED) is 0.0169. The number of rotatable bonds is 74. The zero-order chi connectivity index (χ0) is 71.8. The van der Waals surface area contributed by atoms with Crippen LogP contribution < -0.4 is 0 Å². The number of allylic oxidation sites excluding steroid dienone is 12. The van der Waals surface area contributed by atoms with Crippen LogP contribution in [-0.4, -0.2) is 96.7 Å². The number of esters is 4. The van der Waals surface area contributed by atoms with Gasteiger partial charge in [0.1, 0.15) is 19.3 Å². The highest BCUT2D eigenvalue weighted by Crippen LogP contribution is 2.45. The molecular weight excluding hydrogens is 1280 g/mol. The molecule has 0 aliphatic carbocycles. The highest BCUT2D eigenvalue weighted by atomic mass is 31.2. The monoisotopic (exact) mass is 1420 g/mol. The number of carbonyl (C=O) groups is 4. The summed E-state index contributed by atoms with van der Waals surface area (Å²) in [6, 6.07) is 0. The molecule has 2 unspecified atom stereocenters. The lowest BCUT2D eigenvalue weighted by Gasteiger charge is -2.21. The second kappa shape index (κ2) is 71.9. The average Bonchev–Trinajstić information content (AvgIpc) is 1.05. The first kappa shape index (κ1) is 94.5. The Labute approximate surface area is 596 Å². The van der Waals surface area contributed by atoms with Gasteiger partial charge in [-0.25, -0.2) is 9.13 Å². The fourth-order valence-electron chi connectivity index (χ4n) is 10.6. The SMILES string of the molecule is CCCCC/C=C\C/C=C\C/C=C\C/C=C\CCCC(=O)O[C@H](COC(=O)CCCCCCC/C=C\CCCCCC)COP(=O)(O)OC[C@@H](O)COP(=O)(O)OC[C@@H](COC(=O)CCCCCCCCCCCCCCC)OC(=O)CCCCCCC/C=C\CCCCCCCC. The maximum absolute atomic E-state index is 13.1. The Hall–Kier alpha value is -3.50. The molecule has 0 aromatic carbocycles. The molecule has 19 heteroatoms. The van der Waals surface area contributed by atoms with Gasteiger partial charge >= 0.3 is 39.5 Å². The van der Waals surface area contributed by atoms with Crippen LogP contribution >= 0.6 is 15.6 Å². The number of carbonyl (C=O) groups excluding carboxylic acids is 4. The van der Waals surface area contributed by atoms with Gasteiger partial charge in [0.05, 0.1) is 26.4 Å². The molecule has 3 N–H and O–H groups in total. The standard InChI is InChI=1S/C79H142O17P2/c1-5-9-13-17-21-25-29-33-35-36-38-42-46-50-54-58-62-66-79(84)96-75(70-90-77(82)64-60-56-52-48-44-40-32-28-24-20-16-12-8-4)72-94-98(87,88)92-68-73(80)67-91-97(85,86)93-71-74(69-89-76(81)63-59-55-51-47-43-39-31-27-23-19-15-11-7-3)95-78(83)65-61-57-53-49-45-41-37-34-30-26-22-18-14-10-6-2/h21,25,28,32-35,37-38,42,50,54,73-75,80H,5-20,22-24,26-27,29-31,36,39-41,43-49,51-53,55-72H2,1-4H3,(H,85,86)(H,87,88)/b25-21-,32-28-,35-33-,37-34-,42-38-,54-50-/t73-,74+,75+/m0/s1. The van der Waals surface area contributed by atoms with Crippen LogP contribution in [0, 0.1) is 0 Å². The lowest BCUT2D eigenvalue weighted by atomic mass is 10.0. The number of aliphatic hydroxyl groups excluding tert-OH is 1. The molecule has 5 atom stereocenters. The zero-order valence-electron chi connectivity index (χ0n) is 62.2. The molecule has 0 aliphatic heterocycles. The van der Waals surface area contributed by atoms with E-state index in [1.807, 2.05) is 12.2 Å². The number of phosphoric acid groups is 2. The van der Waals surface area contributed by atoms with Crippen LogP contribution in [0.3, 0.4) is 0 Å². The summed E-state index contributed by atoms with van der Waals surface area (Å²) in [5.41, 5.74) is 0. The van der Waals surface area contributed by atoms with Gasteiger partial charge in [-0.2, -0.15) is 0 Å². The number of aliphatic hydroxyl groups is 1. The van der Waals surface area contributed by atoms with Crippen molar-refractivity contribution in [3.05, 3.63) is 72.9 Å². The Balaban J connectivity index is 5.39. The second-order valence-electron chi connectivity index (χ2n) is 26.3. The lowest BCUT2D eigenvalue weighted by molar-refractivity contribution is -0.161. The highest BCUT2D eigenvalue weighted by Gasteiger charge is 2.30. The lowest BCUT2D eigenvalue weighted by Crippen LogP contribution is -2.30. The van der Waals surface area contributed by atoms with Crippen molar-refractivity contribution < 1.29 is 80.2 Å². The van der Waals surface area contributed by atoms with Crippen molar-refractivity contribution in [1.82, 2.24) is 0 Å². The summed E-state index contributed by atoms with van der Waals surface area (Å²) >= 11 is 0. The summed E-state index contributed by atoms with van der Waals surface area (Å²) in [6.45, 7) is 4.79. The molecule has 0 aromatic rings. The molecule has 0 radical (unpaired) electrons. The van der Waals surface area contributed by atoms with Crippen molar-refractivity contribution in [3.63, 3.8) is 0 Å². The minimum Gasteiger partial charge on any atom is -0.462 e. The Bertz CT molecular complexity index is 2140. The van der Waals surface area contributed by atoms with Crippen molar-refractivity contribution in [1.29, 1.82) is 0 Å². The van der Waals surface area contributed by atoms with E-state index >= 15 is 0 Å². The second-order valence-corrected chi connectivity index (χ2v) is 29.2. The van der Waals surface area contributed by atoms with Gasteiger partial charge in [-0.15, -0.1) is 0 Å². The van der Waals surface area contributed by atoms with E-state index in [0.29, 0.717) is 32.1 Å². The third-order valence-electron chi connectivity index (χ3n) is 16.6. The van der Waals surface area contributed by atoms with Crippen LogP contribution in [0.5, 0.6) is 0 Å². The predicted octanol–water partition coefficient (Wildman–Crippen LogP) is 22.4. The van der Waals surface area contributed by atoms with Crippen LogP contribution in [0.1, 0.15) is 349 Å². The summed E-state index contributed by atoms with van der Waals surface area (Å²) in [6.07, 6.45) is 71.8. The molecule has 0 fully saturated rings. The largest absolute Gasteiger partial charge is 0.472 e. The topological polar surface area (TPSA) is 237 Å². The van der Waals surface area contributed by atoms with Crippen LogP contribution in [0.2, 0.25) is 0 Å².